The minimum atomic E-state index is -0.723. The van der Waals surface area contributed by atoms with Crippen LogP contribution >= 0.6 is 11.8 Å². The molecule has 0 aromatic rings. The number of carbonyl (C=O) groups excluding carboxylic acids is 3. The van der Waals surface area contributed by atoms with Gasteiger partial charge in [-0.1, -0.05) is 19.9 Å². The second kappa shape index (κ2) is 9.61. The number of aliphatic hydroxyl groups is 1. The molecule has 7 nitrogen and oxygen atoms in total. The first kappa shape index (κ1) is 26.1. The first-order chi connectivity index (χ1) is 15.5. The maximum Gasteiger partial charge on any atom is 0.311 e. The molecule has 3 aliphatic heterocycles. The fraction of sp³-hybridized carbons (Fsp3) is 0.800. The summed E-state index contributed by atoms with van der Waals surface area (Å²) >= 11 is 1.63. The molecule has 186 valence electrons. The molecule has 3 rings (SSSR count). The molecule has 0 radical (unpaired) electrons. The molecule has 3 aliphatic rings. The summed E-state index contributed by atoms with van der Waals surface area (Å²) in [5.41, 5.74) is 0. The minimum Gasteiger partial charge on any atom is -0.466 e. The number of likely N-dealkylation sites (tertiary alicyclic amines) is 1. The largest absolute Gasteiger partial charge is 0.466 e. The molecule has 3 saturated heterocycles. The number of fused-ring (bicyclic) bond motifs is 1. The Balaban J connectivity index is 2.14. The average Bonchev–Trinajstić information content (AvgIpc) is 3.30. The van der Waals surface area contributed by atoms with E-state index in [1.807, 2.05) is 34.6 Å². The van der Waals surface area contributed by atoms with Crippen molar-refractivity contribution in [1.29, 1.82) is 0 Å². The molecule has 2 amide bonds. The summed E-state index contributed by atoms with van der Waals surface area (Å²) in [6.45, 7) is 16.0. The van der Waals surface area contributed by atoms with Gasteiger partial charge in [-0.25, -0.2) is 0 Å². The second-order valence-corrected chi connectivity index (χ2v) is 12.5. The van der Waals surface area contributed by atoms with Crippen LogP contribution < -0.4 is 0 Å². The summed E-state index contributed by atoms with van der Waals surface area (Å²) in [6, 6.07) is -1.26. The van der Waals surface area contributed by atoms with Crippen molar-refractivity contribution in [1.82, 2.24) is 9.80 Å². The smallest absolute Gasteiger partial charge is 0.311 e. The normalized spacial score (nSPS) is 33.5. The lowest BCUT2D eigenvalue weighted by Gasteiger charge is -2.41. The van der Waals surface area contributed by atoms with Gasteiger partial charge in [0.2, 0.25) is 11.8 Å². The number of carbonyl (C=O) groups is 3. The summed E-state index contributed by atoms with van der Waals surface area (Å²) in [5.74, 6) is -1.63. The highest BCUT2D eigenvalue weighted by Gasteiger charge is 2.78. The maximum atomic E-state index is 14.1. The Hall–Kier alpha value is -1.54. The molecule has 3 heterocycles. The van der Waals surface area contributed by atoms with E-state index < -0.39 is 33.4 Å². The van der Waals surface area contributed by atoms with Gasteiger partial charge >= 0.3 is 5.97 Å². The van der Waals surface area contributed by atoms with E-state index in [0.717, 1.165) is 6.42 Å². The van der Waals surface area contributed by atoms with E-state index in [9.17, 15) is 19.5 Å². The topological polar surface area (TPSA) is 87.2 Å². The molecule has 0 aromatic heterocycles. The Morgan fingerprint density at radius 2 is 2.00 bits per heavy atom. The predicted octanol–water partition coefficient (Wildman–Crippen LogP) is 2.86. The number of rotatable bonds is 10. The van der Waals surface area contributed by atoms with Gasteiger partial charge in [0.15, 0.2) is 0 Å². The van der Waals surface area contributed by atoms with Crippen LogP contribution in [0, 0.1) is 17.8 Å². The summed E-state index contributed by atoms with van der Waals surface area (Å²) in [4.78, 5) is 44.7. The quantitative estimate of drug-likeness (QED) is 0.382. The third-order valence-electron chi connectivity index (χ3n) is 7.57. The van der Waals surface area contributed by atoms with Gasteiger partial charge in [0.25, 0.3) is 0 Å². The van der Waals surface area contributed by atoms with Crippen LogP contribution in [0.4, 0.5) is 0 Å². The van der Waals surface area contributed by atoms with Crippen LogP contribution in [0.3, 0.4) is 0 Å². The summed E-state index contributed by atoms with van der Waals surface area (Å²) in [6.07, 6.45) is 3.73. The molecule has 2 bridgehead atoms. The van der Waals surface area contributed by atoms with Crippen molar-refractivity contribution in [3.63, 3.8) is 0 Å². The zero-order valence-electron chi connectivity index (χ0n) is 20.9. The van der Waals surface area contributed by atoms with E-state index in [4.69, 9.17) is 4.74 Å². The van der Waals surface area contributed by atoms with Crippen molar-refractivity contribution >= 4 is 29.5 Å². The van der Waals surface area contributed by atoms with Crippen molar-refractivity contribution in [2.45, 2.75) is 88.4 Å². The van der Waals surface area contributed by atoms with E-state index >= 15 is 0 Å². The molecule has 6 atom stereocenters. The number of ether oxygens (including phenoxy) is 1. The van der Waals surface area contributed by atoms with Gasteiger partial charge < -0.3 is 19.6 Å². The standard InChI is InChI=1S/C25H40N2O5S/c1-8-12-26(16(5)6)22(30)20-25-11-10-24(7,33-25)19(23(31)32-9-2)18(25)21(29)27(20)17(14-28)13-15(3)4/h8,15-20,28H,1,9-14H2,2-7H3/t17-,18+,19+,20?,24-,25?/m1/s1. The van der Waals surface area contributed by atoms with Gasteiger partial charge in [0.1, 0.15) is 6.04 Å². The molecule has 0 saturated carbocycles. The van der Waals surface area contributed by atoms with Gasteiger partial charge in [-0.15, -0.1) is 18.3 Å². The highest BCUT2D eigenvalue weighted by Crippen LogP contribution is 2.71. The van der Waals surface area contributed by atoms with E-state index in [0.29, 0.717) is 19.4 Å². The minimum absolute atomic E-state index is 0.0689. The van der Waals surface area contributed by atoms with Gasteiger partial charge in [0.05, 0.1) is 35.8 Å². The Morgan fingerprint density at radius 1 is 1.33 bits per heavy atom. The fourth-order valence-electron chi connectivity index (χ4n) is 6.30. The molecule has 1 spiro atoms. The van der Waals surface area contributed by atoms with Crippen molar-refractivity contribution in [2.75, 3.05) is 19.8 Å². The van der Waals surface area contributed by atoms with Gasteiger partial charge in [0, 0.05) is 17.3 Å². The van der Waals surface area contributed by atoms with Crippen molar-refractivity contribution < 1.29 is 24.2 Å². The van der Waals surface area contributed by atoms with Crippen molar-refractivity contribution in [2.24, 2.45) is 17.8 Å². The zero-order chi connectivity index (χ0) is 24.7. The first-order valence-electron chi connectivity index (χ1n) is 12.2. The van der Waals surface area contributed by atoms with Crippen molar-refractivity contribution in [3.8, 4) is 0 Å². The molecule has 3 fully saturated rings. The third-order valence-corrected chi connectivity index (χ3v) is 9.55. The van der Waals surface area contributed by atoms with Crippen LogP contribution in [0.25, 0.3) is 0 Å². The zero-order valence-corrected chi connectivity index (χ0v) is 21.7. The number of nitrogens with zero attached hydrogens (tertiary/aromatic N) is 2. The Kier molecular flexibility index (Phi) is 7.59. The van der Waals surface area contributed by atoms with E-state index in [-0.39, 0.29) is 43.0 Å². The van der Waals surface area contributed by atoms with Crippen LogP contribution in [0.2, 0.25) is 0 Å². The van der Waals surface area contributed by atoms with Crippen LogP contribution in [-0.2, 0) is 19.1 Å². The molecule has 8 heteroatoms. The lowest BCUT2D eigenvalue weighted by Crippen LogP contribution is -2.58. The number of amides is 2. The molecule has 1 N–H and O–H groups in total. The Morgan fingerprint density at radius 3 is 2.52 bits per heavy atom. The SMILES string of the molecule is C=CCN(C(=O)C1N([C@@H](CO)CC(C)C)C(=O)[C@@H]2[C@@H](C(=O)OCC)[C@@]3(C)CCC12S3)C(C)C. The van der Waals surface area contributed by atoms with Gasteiger partial charge in [-0.05, 0) is 52.9 Å². The number of hydrogen-bond donors (Lipinski definition) is 1. The highest BCUT2D eigenvalue weighted by molar-refractivity contribution is 8.02. The number of thioether (sulfide) groups is 1. The number of hydrogen-bond acceptors (Lipinski definition) is 6. The lowest BCUT2D eigenvalue weighted by molar-refractivity contribution is -0.155. The summed E-state index contributed by atoms with van der Waals surface area (Å²) in [7, 11) is 0. The van der Waals surface area contributed by atoms with Crippen LogP contribution in [-0.4, -0.2) is 80.1 Å². The van der Waals surface area contributed by atoms with E-state index in [1.54, 1.807) is 34.6 Å². The first-order valence-corrected chi connectivity index (χ1v) is 13.0. The number of esters is 1. The van der Waals surface area contributed by atoms with Crippen LogP contribution in [0.5, 0.6) is 0 Å². The molecular formula is C25H40N2O5S. The Labute approximate surface area is 202 Å². The Bertz CT molecular complexity index is 802. The lowest BCUT2D eigenvalue weighted by atomic mass is 9.66. The summed E-state index contributed by atoms with van der Waals surface area (Å²) in [5, 5.41) is 10.3. The highest BCUT2D eigenvalue weighted by atomic mass is 32.2. The van der Waals surface area contributed by atoms with Gasteiger partial charge in [-0.2, -0.15) is 0 Å². The fourth-order valence-corrected chi connectivity index (χ4v) is 8.62. The molecule has 33 heavy (non-hydrogen) atoms. The van der Waals surface area contributed by atoms with E-state index in [1.165, 1.54) is 0 Å². The van der Waals surface area contributed by atoms with E-state index in [2.05, 4.69) is 6.58 Å². The molecule has 0 aromatic carbocycles. The number of aliphatic hydroxyl groups excluding tert-OH is 1. The van der Waals surface area contributed by atoms with Crippen LogP contribution in [0.15, 0.2) is 12.7 Å². The van der Waals surface area contributed by atoms with Gasteiger partial charge in [-0.3, -0.25) is 14.4 Å². The van der Waals surface area contributed by atoms with Crippen LogP contribution in [0.1, 0.15) is 60.8 Å². The maximum absolute atomic E-state index is 14.1. The predicted molar refractivity (Wildman–Crippen MR) is 130 cm³/mol. The second-order valence-electron chi connectivity index (χ2n) is 10.6. The molecule has 0 aliphatic carbocycles. The molecular weight excluding hydrogens is 440 g/mol. The molecule has 2 unspecified atom stereocenters. The third kappa shape index (κ3) is 4.11. The summed E-state index contributed by atoms with van der Waals surface area (Å²) < 4.78 is 4.29. The monoisotopic (exact) mass is 480 g/mol. The average molecular weight is 481 g/mol. The van der Waals surface area contributed by atoms with Crippen molar-refractivity contribution in [3.05, 3.63) is 12.7 Å².